The number of morpholine rings is 1. The Morgan fingerprint density at radius 3 is 2.56 bits per heavy atom. The Bertz CT molecular complexity index is 1140. The van der Waals surface area contributed by atoms with Crippen molar-refractivity contribution in [1.82, 2.24) is 4.90 Å². The lowest BCUT2D eigenvalue weighted by atomic mass is 9.95. The van der Waals surface area contributed by atoms with Gasteiger partial charge in [-0.25, -0.2) is 0 Å². The molecule has 2 N–H and O–H groups in total. The molecule has 2 fully saturated rings. The molecule has 0 aromatic heterocycles. The van der Waals surface area contributed by atoms with Crippen LogP contribution in [-0.2, 0) is 14.3 Å². The summed E-state index contributed by atoms with van der Waals surface area (Å²) in [7, 11) is 0. The van der Waals surface area contributed by atoms with Gasteiger partial charge in [0.2, 0.25) is 5.78 Å². The third-order valence-electron chi connectivity index (χ3n) is 6.43. The number of amides is 1. The fraction of sp³-hybridized carbons (Fsp3) is 0.360. The van der Waals surface area contributed by atoms with Crippen LogP contribution in [0.2, 0.25) is 0 Å². The number of carbonyl (C=O) groups excluding carboxylic acids is 2. The van der Waals surface area contributed by atoms with Gasteiger partial charge in [-0.3, -0.25) is 9.59 Å². The average molecular weight is 466 g/mol. The fourth-order valence-electron chi connectivity index (χ4n) is 4.67. The summed E-state index contributed by atoms with van der Waals surface area (Å²) >= 11 is 0. The second kappa shape index (κ2) is 9.36. The quantitative estimate of drug-likeness (QED) is 0.341. The van der Waals surface area contributed by atoms with E-state index < -0.39 is 23.5 Å². The number of fused-ring (bicyclic) bond motifs is 1. The highest BCUT2D eigenvalue weighted by Crippen LogP contribution is 2.40. The SMILES string of the molecule is O=C1C(=O)N(CC[NH+]2CCOCC2)C(c2cccc(O)c2)C1=C([O-])c1ccc2c(c1)OCCO2. The maximum atomic E-state index is 13.6. The summed E-state index contributed by atoms with van der Waals surface area (Å²) in [5.41, 5.74) is 0.632. The van der Waals surface area contributed by atoms with Crippen molar-refractivity contribution in [3.8, 4) is 17.2 Å². The van der Waals surface area contributed by atoms with Crippen molar-refractivity contribution in [2.75, 3.05) is 52.6 Å². The first-order valence-corrected chi connectivity index (χ1v) is 11.4. The highest BCUT2D eigenvalue weighted by molar-refractivity contribution is 6.46. The first-order chi connectivity index (χ1) is 16.5. The lowest BCUT2D eigenvalue weighted by Gasteiger charge is -2.30. The van der Waals surface area contributed by atoms with E-state index in [0.29, 0.717) is 56.6 Å². The van der Waals surface area contributed by atoms with Gasteiger partial charge in [-0.15, -0.1) is 0 Å². The third-order valence-corrected chi connectivity index (χ3v) is 6.43. The molecule has 3 heterocycles. The molecule has 9 nitrogen and oxygen atoms in total. The van der Waals surface area contributed by atoms with E-state index in [4.69, 9.17) is 14.2 Å². The molecular formula is C25H26N2O7. The highest BCUT2D eigenvalue weighted by atomic mass is 16.6. The van der Waals surface area contributed by atoms with Crippen molar-refractivity contribution in [2.24, 2.45) is 0 Å². The zero-order chi connectivity index (χ0) is 23.7. The minimum Gasteiger partial charge on any atom is -0.872 e. The van der Waals surface area contributed by atoms with Crippen molar-refractivity contribution >= 4 is 17.4 Å². The van der Waals surface area contributed by atoms with Crippen LogP contribution in [0, 0.1) is 0 Å². The summed E-state index contributed by atoms with van der Waals surface area (Å²) in [4.78, 5) is 29.0. The molecule has 0 bridgehead atoms. The summed E-state index contributed by atoms with van der Waals surface area (Å²) in [6.45, 7) is 4.66. The van der Waals surface area contributed by atoms with E-state index >= 15 is 0 Å². The molecule has 1 amide bonds. The summed E-state index contributed by atoms with van der Waals surface area (Å²) in [5, 5.41) is 23.7. The number of benzene rings is 2. The van der Waals surface area contributed by atoms with Gasteiger partial charge < -0.3 is 34.2 Å². The number of rotatable bonds is 5. The van der Waals surface area contributed by atoms with Crippen LogP contribution in [0.25, 0.3) is 5.76 Å². The molecule has 178 valence electrons. The van der Waals surface area contributed by atoms with Crippen molar-refractivity contribution in [1.29, 1.82) is 0 Å². The van der Waals surface area contributed by atoms with Crippen LogP contribution in [-0.4, -0.2) is 74.3 Å². The lowest BCUT2D eigenvalue weighted by Crippen LogP contribution is -3.14. The van der Waals surface area contributed by atoms with Gasteiger partial charge in [-0.05, 0) is 35.4 Å². The van der Waals surface area contributed by atoms with Crippen LogP contribution < -0.4 is 19.5 Å². The number of ether oxygens (including phenoxy) is 3. The number of aromatic hydroxyl groups is 1. The maximum absolute atomic E-state index is 13.6. The van der Waals surface area contributed by atoms with E-state index in [1.165, 1.54) is 21.9 Å². The number of ketones is 1. The summed E-state index contributed by atoms with van der Waals surface area (Å²) in [5.74, 6) is -1.11. The molecule has 0 saturated carbocycles. The molecule has 2 aromatic rings. The number of likely N-dealkylation sites (tertiary alicyclic amines) is 1. The van der Waals surface area contributed by atoms with Gasteiger partial charge in [-0.1, -0.05) is 24.0 Å². The molecule has 0 radical (unpaired) electrons. The van der Waals surface area contributed by atoms with Crippen LogP contribution in [0.5, 0.6) is 17.2 Å². The van der Waals surface area contributed by atoms with Gasteiger partial charge in [0, 0.05) is 5.57 Å². The molecule has 34 heavy (non-hydrogen) atoms. The molecule has 0 spiro atoms. The van der Waals surface area contributed by atoms with E-state index in [1.807, 2.05) is 0 Å². The number of quaternary nitrogens is 1. The molecule has 5 rings (SSSR count). The van der Waals surface area contributed by atoms with Crippen LogP contribution in [0.15, 0.2) is 48.0 Å². The third kappa shape index (κ3) is 4.20. The first-order valence-electron chi connectivity index (χ1n) is 11.4. The van der Waals surface area contributed by atoms with Crippen molar-refractivity contribution < 1.29 is 38.9 Å². The van der Waals surface area contributed by atoms with Gasteiger partial charge in [-0.2, -0.15) is 0 Å². The number of phenols is 1. The van der Waals surface area contributed by atoms with E-state index in [2.05, 4.69) is 0 Å². The van der Waals surface area contributed by atoms with Gasteiger partial charge in [0.05, 0.1) is 32.3 Å². The molecule has 9 heteroatoms. The number of nitrogens with zero attached hydrogens (tertiary/aromatic N) is 1. The predicted octanol–water partition coefficient (Wildman–Crippen LogP) is -0.697. The Morgan fingerprint density at radius 1 is 1.03 bits per heavy atom. The second-order valence-corrected chi connectivity index (χ2v) is 8.54. The summed E-state index contributed by atoms with van der Waals surface area (Å²) in [6, 6.07) is 10.2. The number of phenolic OH excluding ortho intramolecular Hbond substituents is 1. The van der Waals surface area contributed by atoms with Crippen LogP contribution in [0.4, 0.5) is 0 Å². The lowest BCUT2D eigenvalue weighted by molar-refractivity contribution is -0.907. The maximum Gasteiger partial charge on any atom is 0.295 e. The van der Waals surface area contributed by atoms with Crippen molar-refractivity contribution in [3.05, 3.63) is 59.2 Å². The first kappa shape index (κ1) is 22.2. The topological polar surface area (TPSA) is 113 Å². The molecule has 0 aliphatic carbocycles. The zero-order valence-electron chi connectivity index (χ0n) is 18.6. The Labute approximate surface area is 196 Å². The Kier molecular flexibility index (Phi) is 6.12. The minimum absolute atomic E-state index is 0.00539. The number of nitrogens with one attached hydrogen (secondary N) is 1. The van der Waals surface area contributed by atoms with Crippen molar-refractivity contribution in [3.63, 3.8) is 0 Å². The zero-order valence-corrected chi connectivity index (χ0v) is 18.6. The van der Waals surface area contributed by atoms with Gasteiger partial charge in [0.1, 0.15) is 32.1 Å². The second-order valence-electron chi connectivity index (χ2n) is 8.54. The largest absolute Gasteiger partial charge is 0.872 e. The number of Topliss-reactive ketones (excluding diaryl/α,β-unsaturated/α-hetero) is 1. The molecular weight excluding hydrogens is 440 g/mol. The molecule has 1 atom stereocenters. The van der Waals surface area contributed by atoms with Crippen molar-refractivity contribution in [2.45, 2.75) is 6.04 Å². The monoisotopic (exact) mass is 466 g/mol. The molecule has 3 aliphatic rings. The number of hydrogen-bond donors (Lipinski definition) is 2. The molecule has 1 unspecified atom stereocenters. The standard InChI is InChI=1S/C25H26N2O7/c28-18-3-1-2-16(14-18)22-21(23(29)17-4-5-19-20(15-17)34-13-12-33-19)24(30)25(31)27(22)7-6-26-8-10-32-11-9-26/h1-5,14-15,22,28-29H,6-13H2. The summed E-state index contributed by atoms with van der Waals surface area (Å²) in [6.07, 6.45) is 0. The number of carbonyl (C=O) groups is 2. The fourth-order valence-corrected chi connectivity index (χ4v) is 4.67. The van der Waals surface area contributed by atoms with Gasteiger partial charge in [0.25, 0.3) is 5.91 Å². The Morgan fingerprint density at radius 2 is 1.79 bits per heavy atom. The van der Waals surface area contributed by atoms with E-state index in [-0.39, 0.29) is 16.9 Å². The van der Waals surface area contributed by atoms with Gasteiger partial charge in [0.15, 0.2) is 11.5 Å². The number of hydrogen-bond acceptors (Lipinski definition) is 7. The van der Waals surface area contributed by atoms with Crippen LogP contribution in [0.1, 0.15) is 17.2 Å². The smallest absolute Gasteiger partial charge is 0.295 e. The van der Waals surface area contributed by atoms with E-state index in [9.17, 15) is 19.8 Å². The van der Waals surface area contributed by atoms with E-state index in [0.717, 1.165) is 13.1 Å². The highest BCUT2D eigenvalue weighted by Gasteiger charge is 2.44. The molecule has 2 aromatic carbocycles. The average Bonchev–Trinajstić information content (AvgIpc) is 3.12. The Hall–Kier alpha value is -3.56. The summed E-state index contributed by atoms with van der Waals surface area (Å²) < 4.78 is 16.5. The van der Waals surface area contributed by atoms with Gasteiger partial charge >= 0.3 is 0 Å². The Balaban J connectivity index is 1.54. The molecule has 3 aliphatic heterocycles. The molecule has 2 saturated heterocycles. The van der Waals surface area contributed by atoms with Crippen LogP contribution in [0.3, 0.4) is 0 Å². The predicted molar refractivity (Wildman–Crippen MR) is 118 cm³/mol. The normalized spacial score (nSPS) is 22.2. The van der Waals surface area contributed by atoms with Crippen LogP contribution >= 0.6 is 0 Å². The van der Waals surface area contributed by atoms with E-state index in [1.54, 1.807) is 30.3 Å². The minimum atomic E-state index is -0.881.